The van der Waals surface area contributed by atoms with Gasteiger partial charge >= 0.3 is 0 Å². The van der Waals surface area contributed by atoms with Crippen molar-refractivity contribution in [2.75, 3.05) is 16.6 Å². The topological polar surface area (TPSA) is 91.4 Å². The SMILES string of the molecule is CCN(c1cccc(-c2ccnc3c(C#N)cnn23)c1)S(=O)(=O)CC. The van der Waals surface area contributed by atoms with Crippen molar-refractivity contribution in [3.8, 4) is 17.3 Å². The minimum atomic E-state index is -3.35. The molecule has 0 unspecified atom stereocenters. The van der Waals surface area contributed by atoms with E-state index >= 15 is 0 Å². The van der Waals surface area contributed by atoms with Crippen LogP contribution in [0.15, 0.2) is 42.7 Å². The fourth-order valence-electron chi connectivity index (χ4n) is 2.71. The molecule has 1 aromatic carbocycles. The van der Waals surface area contributed by atoms with Crippen LogP contribution in [0.2, 0.25) is 0 Å². The minimum absolute atomic E-state index is 0.0370. The van der Waals surface area contributed by atoms with Gasteiger partial charge in [0.2, 0.25) is 10.0 Å². The van der Waals surface area contributed by atoms with Gasteiger partial charge in [0, 0.05) is 18.3 Å². The van der Waals surface area contributed by atoms with Crippen LogP contribution in [0.1, 0.15) is 19.4 Å². The summed E-state index contributed by atoms with van der Waals surface area (Å²) in [7, 11) is -3.35. The Morgan fingerprint density at radius 1 is 1.28 bits per heavy atom. The van der Waals surface area contributed by atoms with Crippen molar-refractivity contribution in [3.05, 3.63) is 48.3 Å². The largest absolute Gasteiger partial charge is 0.271 e. The lowest BCUT2D eigenvalue weighted by molar-refractivity contribution is 0.593. The normalized spacial score (nSPS) is 11.4. The second kappa shape index (κ2) is 6.53. The monoisotopic (exact) mass is 355 g/mol. The Morgan fingerprint density at radius 3 is 2.76 bits per heavy atom. The van der Waals surface area contributed by atoms with Crippen LogP contribution in [0, 0.1) is 11.3 Å². The number of nitrogens with zero attached hydrogens (tertiary/aromatic N) is 5. The number of hydrogen-bond donors (Lipinski definition) is 0. The number of rotatable bonds is 5. The maximum atomic E-state index is 12.3. The second-order valence-corrected chi connectivity index (χ2v) is 7.53. The van der Waals surface area contributed by atoms with Crippen molar-refractivity contribution < 1.29 is 8.42 Å². The number of aromatic nitrogens is 3. The zero-order valence-electron chi connectivity index (χ0n) is 13.9. The van der Waals surface area contributed by atoms with Gasteiger partial charge in [0.05, 0.1) is 23.3 Å². The summed E-state index contributed by atoms with van der Waals surface area (Å²) in [5.41, 5.74) is 2.99. The predicted octanol–water partition coefficient (Wildman–Crippen LogP) is 2.44. The molecular weight excluding hydrogens is 338 g/mol. The summed E-state index contributed by atoms with van der Waals surface area (Å²) >= 11 is 0. The number of anilines is 1. The van der Waals surface area contributed by atoms with E-state index in [1.165, 1.54) is 10.5 Å². The van der Waals surface area contributed by atoms with Crippen molar-refractivity contribution in [1.29, 1.82) is 5.26 Å². The molecule has 0 amide bonds. The molecule has 0 aliphatic carbocycles. The highest BCUT2D eigenvalue weighted by molar-refractivity contribution is 7.92. The first-order valence-electron chi connectivity index (χ1n) is 7.85. The van der Waals surface area contributed by atoms with Crippen LogP contribution in [0.25, 0.3) is 16.9 Å². The molecule has 2 aromatic heterocycles. The molecule has 7 nitrogen and oxygen atoms in total. The van der Waals surface area contributed by atoms with E-state index in [2.05, 4.69) is 16.2 Å². The van der Waals surface area contributed by atoms with Crippen LogP contribution in [-0.4, -0.2) is 35.3 Å². The van der Waals surface area contributed by atoms with Gasteiger partial charge in [-0.1, -0.05) is 12.1 Å². The van der Waals surface area contributed by atoms with E-state index in [0.717, 1.165) is 11.3 Å². The summed E-state index contributed by atoms with van der Waals surface area (Å²) in [5, 5.41) is 13.4. The van der Waals surface area contributed by atoms with Crippen LogP contribution >= 0.6 is 0 Å². The highest BCUT2D eigenvalue weighted by Gasteiger charge is 2.19. The van der Waals surface area contributed by atoms with Gasteiger partial charge in [0.1, 0.15) is 11.6 Å². The standard InChI is InChI=1S/C17H17N5O2S/c1-3-21(25(23,24)4-2)15-7-5-6-13(10-15)16-8-9-19-17-14(11-18)12-20-22(16)17/h5-10,12H,3-4H2,1-2H3. The van der Waals surface area contributed by atoms with Crippen LogP contribution < -0.4 is 4.31 Å². The molecule has 0 saturated heterocycles. The summed E-state index contributed by atoms with van der Waals surface area (Å²) in [4.78, 5) is 4.20. The van der Waals surface area contributed by atoms with Gasteiger partial charge in [0.25, 0.3) is 0 Å². The molecule has 2 heterocycles. The number of nitriles is 1. The summed E-state index contributed by atoms with van der Waals surface area (Å²) < 4.78 is 27.6. The predicted molar refractivity (Wildman–Crippen MR) is 95.6 cm³/mol. The van der Waals surface area contributed by atoms with Crippen LogP contribution in [0.5, 0.6) is 0 Å². The molecule has 0 saturated carbocycles. The molecule has 0 aliphatic heterocycles. The summed E-state index contributed by atoms with van der Waals surface area (Å²) in [5.74, 6) is 0.0370. The molecule has 25 heavy (non-hydrogen) atoms. The Bertz CT molecular complexity index is 1070. The molecule has 0 N–H and O–H groups in total. The van der Waals surface area contributed by atoms with Crippen LogP contribution in [0.4, 0.5) is 5.69 Å². The van der Waals surface area contributed by atoms with Gasteiger partial charge in [-0.05, 0) is 32.0 Å². The van der Waals surface area contributed by atoms with Crippen LogP contribution in [-0.2, 0) is 10.0 Å². The van der Waals surface area contributed by atoms with Gasteiger partial charge in [-0.25, -0.2) is 17.9 Å². The van der Waals surface area contributed by atoms with E-state index in [-0.39, 0.29) is 5.75 Å². The Balaban J connectivity index is 2.15. The number of benzene rings is 1. The zero-order chi connectivity index (χ0) is 18.0. The van der Waals surface area contributed by atoms with E-state index in [9.17, 15) is 8.42 Å². The molecule has 0 radical (unpaired) electrons. The number of fused-ring (bicyclic) bond motifs is 1. The lowest BCUT2D eigenvalue weighted by Gasteiger charge is -2.22. The first kappa shape index (κ1) is 16.9. The lowest BCUT2D eigenvalue weighted by atomic mass is 10.1. The van der Waals surface area contributed by atoms with Crippen molar-refractivity contribution in [2.24, 2.45) is 0 Å². The van der Waals surface area contributed by atoms with Crippen molar-refractivity contribution in [2.45, 2.75) is 13.8 Å². The first-order chi connectivity index (χ1) is 12.0. The average Bonchev–Trinajstić information content (AvgIpc) is 3.05. The van der Waals surface area contributed by atoms with Gasteiger partial charge in [0.15, 0.2) is 5.65 Å². The van der Waals surface area contributed by atoms with E-state index in [0.29, 0.717) is 23.4 Å². The molecular formula is C17H17N5O2S. The third-order valence-electron chi connectivity index (χ3n) is 3.94. The summed E-state index contributed by atoms with van der Waals surface area (Å²) in [6.07, 6.45) is 3.08. The summed E-state index contributed by atoms with van der Waals surface area (Å²) in [6, 6.07) is 11.1. The molecule has 0 fully saturated rings. The molecule has 3 rings (SSSR count). The van der Waals surface area contributed by atoms with E-state index < -0.39 is 10.0 Å². The minimum Gasteiger partial charge on any atom is -0.271 e. The zero-order valence-corrected chi connectivity index (χ0v) is 14.7. The number of sulfonamides is 1. The third kappa shape index (κ3) is 2.94. The maximum absolute atomic E-state index is 12.3. The molecule has 0 atom stereocenters. The molecule has 0 aliphatic rings. The summed E-state index contributed by atoms with van der Waals surface area (Å²) in [6.45, 7) is 3.78. The smallest absolute Gasteiger partial charge is 0.234 e. The Kier molecular flexibility index (Phi) is 4.42. The molecule has 128 valence electrons. The van der Waals surface area contributed by atoms with Gasteiger partial charge in [-0.15, -0.1) is 0 Å². The fourth-order valence-corrected chi connectivity index (χ4v) is 3.84. The van der Waals surface area contributed by atoms with Crippen LogP contribution in [0.3, 0.4) is 0 Å². The van der Waals surface area contributed by atoms with Crippen molar-refractivity contribution in [1.82, 2.24) is 14.6 Å². The highest BCUT2D eigenvalue weighted by Crippen LogP contribution is 2.27. The second-order valence-electron chi connectivity index (χ2n) is 5.35. The Labute approximate surface area is 146 Å². The van der Waals surface area contributed by atoms with E-state index in [1.54, 1.807) is 48.8 Å². The fraction of sp³-hybridized carbons (Fsp3) is 0.235. The Morgan fingerprint density at radius 2 is 2.08 bits per heavy atom. The van der Waals surface area contributed by atoms with Gasteiger partial charge in [-0.2, -0.15) is 10.4 Å². The van der Waals surface area contributed by atoms with Crippen molar-refractivity contribution >= 4 is 21.4 Å². The van der Waals surface area contributed by atoms with Crippen molar-refractivity contribution in [3.63, 3.8) is 0 Å². The quantitative estimate of drug-likeness (QED) is 0.701. The average molecular weight is 355 g/mol. The van der Waals surface area contributed by atoms with Gasteiger partial charge in [-0.3, -0.25) is 4.31 Å². The maximum Gasteiger partial charge on any atom is 0.234 e. The molecule has 3 aromatic rings. The number of hydrogen-bond acceptors (Lipinski definition) is 5. The van der Waals surface area contributed by atoms with Gasteiger partial charge < -0.3 is 0 Å². The highest BCUT2D eigenvalue weighted by atomic mass is 32.2. The molecule has 8 heteroatoms. The molecule has 0 spiro atoms. The molecule has 0 bridgehead atoms. The third-order valence-corrected chi connectivity index (χ3v) is 5.81. The van der Waals surface area contributed by atoms with E-state index in [4.69, 9.17) is 5.26 Å². The Hall–Kier alpha value is -2.92. The lowest BCUT2D eigenvalue weighted by Crippen LogP contribution is -2.32. The first-order valence-corrected chi connectivity index (χ1v) is 9.46. The van der Waals surface area contributed by atoms with E-state index in [1.807, 2.05) is 6.07 Å².